The molecule has 20 heavy (non-hydrogen) atoms. The summed E-state index contributed by atoms with van der Waals surface area (Å²) in [5, 5.41) is 8.05. The van der Waals surface area contributed by atoms with Crippen molar-refractivity contribution in [3.05, 3.63) is 28.7 Å². The van der Waals surface area contributed by atoms with Gasteiger partial charge in [-0.05, 0) is 43.3 Å². The van der Waals surface area contributed by atoms with Gasteiger partial charge in [-0.25, -0.2) is 0 Å². The number of thiocarbonyl (C=S) groups is 1. The highest BCUT2D eigenvalue weighted by molar-refractivity contribution is 9.10. The minimum atomic E-state index is 0.701. The summed E-state index contributed by atoms with van der Waals surface area (Å²) in [7, 11) is 0. The van der Waals surface area contributed by atoms with Crippen LogP contribution in [0.2, 0.25) is 0 Å². The van der Waals surface area contributed by atoms with Crippen molar-refractivity contribution in [2.75, 3.05) is 17.6 Å². The summed E-state index contributed by atoms with van der Waals surface area (Å²) in [5.74, 6) is 1.13. The van der Waals surface area contributed by atoms with Gasteiger partial charge in [0, 0.05) is 27.7 Å². The van der Waals surface area contributed by atoms with E-state index < -0.39 is 0 Å². The summed E-state index contributed by atoms with van der Waals surface area (Å²) >= 11 is 10.8. The molecule has 2 N–H and O–H groups in total. The van der Waals surface area contributed by atoms with E-state index in [1.807, 2.05) is 24.3 Å². The van der Waals surface area contributed by atoms with Crippen LogP contribution in [-0.2, 0) is 0 Å². The highest BCUT2D eigenvalue weighted by Gasteiger charge is 2.12. The number of nitrogens with one attached hydrogen (secondary N) is 2. The number of rotatable bonds is 5. The Morgan fingerprint density at radius 3 is 2.85 bits per heavy atom. The monoisotopic (exact) mass is 372 g/mol. The number of benzene rings is 1. The van der Waals surface area contributed by atoms with E-state index >= 15 is 0 Å². The number of hydrogen-bond donors (Lipinski definition) is 2. The van der Waals surface area contributed by atoms with Gasteiger partial charge in [0.05, 0.1) is 0 Å². The summed E-state index contributed by atoms with van der Waals surface area (Å²) < 4.78 is 1.05. The van der Waals surface area contributed by atoms with E-state index in [-0.39, 0.29) is 0 Å². The summed E-state index contributed by atoms with van der Waals surface area (Å²) in [4.78, 5) is 0. The second-order valence-electron chi connectivity index (χ2n) is 5.02. The lowest BCUT2D eigenvalue weighted by atomic mass is 10.0. The van der Waals surface area contributed by atoms with Crippen LogP contribution in [-0.4, -0.2) is 22.7 Å². The van der Waals surface area contributed by atoms with E-state index in [1.165, 1.54) is 32.1 Å². The lowest BCUT2D eigenvalue weighted by Gasteiger charge is -2.21. The third-order valence-electron chi connectivity index (χ3n) is 3.38. The molecule has 1 aliphatic carbocycles. The van der Waals surface area contributed by atoms with Crippen LogP contribution in [0.3, 0.4) is 0 Å². The Morgan fingerprint density at radius 2 is 2.10 bits per heavy atom. The van der Waals surface area contributed by atoms with Crippen LogP contribution in [0.1, 0.15) is 32.1 Å². The van der Waals surface area contributed by atoms with Gasteiger partial charge in [-0.15, -0.1) is 0 Å². The fourth-order valence-corrected chi connectivity index (χ4v) is 4.20. The highest BCUT2D eigenvalue weighted by Crippen LogP contribution is 2.27. The van der Waals surface area contributed by atoms with E-state index in [2.05, 4.69) is 38.3 Å². The zero-order chi connectivity index (χ0) is 14.2. The summed E-state index contributed by atoms with van der Waals surface area (Å²) in [6.07, 6.45) is 7.04. The normalized spacial score (nSPS) is 15.8. The lowest BCUT2D eigenvalue weighted by molar-refractivity contribution is 0.516. The van der Waals surface area contributed by atoms with Crippen LogP contribution in [0, 0.1) is 0 Å². The van der Waals surface area contributed by atoms with Gasteiger partial charge in [-0.3, -0.25) is 0 Å². The first-order valence-corrected chi connectivity index (χ1v) is 9.41. The quantitative estimate of drug-likeness (QED) is 0.572. The van der Waals surface area contributed by atoms with Gasteiger partial charge in [-0.2, -0.15) is 11.8 Å². The maximum atomic E-state index is 5.30. The average Bonchev–Trinajstić information content (AvgIpc) is 2.45. The van der Waals surface area contributed by atoms with Crippen molar-refractivity contribution >= 4 is 50.7 Å². The molecule has 1 aliphatic rings. The molecule has 1 fully saturated rings. The topological polar surface area (TPSA) is 24.1 Å². The van der Waals surface area contributed by atoms with Gasteiger partial charge >= 0.3 is 0 Å². The molecule has 0 heterocycles. The van der Waals surface area contributed by atoms with E-state index in [1.54, 1.807) is 0 Å². The van der Waals surface area contributed by atoms with Crippen molar-refractivity contribution in [3.8, 4) is 0 Å². The van der Waals surface area contributed by atoms with E-state index in [4.69, 9.17) is 12.2 Å². The van der Waals surface area contributed by atoms with Crippen LogP contribution in [0.25, 0.3) is 0 Å². The van der Waals surface area contributed by atoms with Gasteiger partial charge in [0.2, 0.25) is 0 Å². The molecule has 0 aromatic heterocycles. The van der Waals surface area contributed by atoms with Crippen LogP contribution >= 0.6 is 39.9 Å². The first-order valence-electron chi connectivity index (χ1n) is 7.16. The maximum Gasteiger partial charge on any atom is 0.170 e. The number of halogens is 1. The van der Waals surface area contributed by atoms with Gasteiger partial charge in [0.1, 0.15) is 0 Å². The molecule has 0 amide bonds. The predicted molar refractivity (Wildman–Crippen MR) is 97.7 cm³/mol. The number of hydrogen-bond acceptors (Lipinski definition) is 2. The van der Waals surface area contributed by atoms with Crippen molar-refractivity contribution < 1.29 is 0 Å². The first kappa shape index (κ1) is 16.1. The van der Waals surface area contributed by atoms with Crippen LogP contribution < -0.4 is 10.6 Å². The fraction of sp³-hybridized carbons (Fsp3) is 0.533. The van der Waals surface area contributed by atoms with Gasteiger partial charge in [0.15, 0.2) is 5.11 Å². The van der Waals surface area contributed by atoms with Crippen LogP contribution in [0.5, 0.6) is 0 Å². The van der Waals surface area contributed by atoms with Gasteiger partial charge in [0.25, 0.3) is 0 Å². The molecule has 0 unspecified atom stereocenters. The largest absolute Gasteiger partial charge is 0.362 e. The molecule has 0 radical (unpaired) electrons. The van der Waals surface area contributed by atoms with Crippen LogP contribution in [0.15, 0.2) is 28.7 Å². The standard InChI is InChI=1S/C15H21BrN2S2/c16-12-5-4-6-13(11-12)18-15(19)17-9-10-20-14-7-2-1-3-8-14/h4-6,11,14H,1-3,7-10H2,(H2,17,18,19). The third-order valence-corrected chi connectivity index (χ3v) is 5.50. The van der Waals surface area contributed by atoms with Crippen molar-refractivity contribution in [1.82, 2.24) is 5.32 Å². The van der Waals surface area contributed by atoms with Crippen molar-refractivity contribution in [1.29, 1.82) is 0 Å². The first-order chi connectivity index (χ1) is 9.74. The predicted octanol–water partition coefficient (Wildman–Crippen LogP) is 4.80. The second-order valence-corrected chi connectivity index (χ2v) is 7.75. The van der Waals surface area contributed by atoms with Crippen molar-refractivity contribution in [3.63, 3.8) is 0 Å². The van der Waals surface area contributed by atoms with E-state index in [0.717, 1.165) is 27.7 Å². The smallest absolute Gasteiger partial charge is 0.170 e. The zero-order valence-corrected chi connectivity index (χ0v) is 14.7. The Bertz CT molecular complexity index is 434. The number of anilines is 1. The van der Waals surface area contributed by atoms with Crippen LogP contribution in [0.4, 0.5) is 5.69 Å². The molecule has 1 aromatic rings. The van der Waals surface area contributed by atoms with Crippen molar-refractivity contribution in [2.24, 2.45) is 0 Å². The molecule has 2 nitrogen and oxygen atoms in total. The molecule has 5 heteroatoms. The van der Waals surface area contributed by atoms with Gasteiger partial charge < -0.3 is 10.6 Å². The molecule has 2 rings (SSSR count). The molecule has 0 aliphatic heterocycles. The third kappa shape index (κ3) is 6.02. The Labute approximate surface area is 139 Å². The Hall–Kier alpha value is -0.260. The molecule has 1 saturated carbocycles. The Balaban J connectivity index is 1.60. The van der Waals surface area contributed by atoms with Gasteiger partial charge in [-0.1, -0.05) is 41.3 Å². The summed E-state index contributed by atoms with van der Waals surface area (Å²) in [6, 6.07) is 8.02. The molecular formula is C15H21BrN2S2. The number of thioether (sulfide) groups is 1. The molecule has 1 aromatic carbocycles. The Kier molecular flexibility index (Phi) is 7.17. The molecule has 0 spiro atoms. The maximum absolute atomic E-state index is 5.30. The molecule has 0 saturated heterocycles. The molecule has 0 atom stereocenters. The minimum absolute atomic E-state index is 0.701. The second kappa shape index (κ2) is 8.90. The Morgan fingerprint density at radius 1 is 1.30 bits per heavy atom. The lowest BCUT2D eigenvalue weighted by Crippen LogP contribution is -2.30. The van der Waals surface area contributed by atoms with E-state index in [9.17, 15) is 0 Å². The van der Waals surface area contributed by atoms with E-state index in [0.29, 0.717) is 5.11 Å². The average molecular weight is 373 g/mol. The zero-order valence-electron chi connectivity index (χ0n) is 11.5. The SMILES string of the molecule is S=C(NCCSC1CCCCC1)Nc1cccc(Br)c1. The summed E-state index contributed by atoms with van der Waals surface area (Å²) in [6.45, 7) is 0.932. The fourth-order valence-electron chi connectivity index (χ4n) is 2.36. The van der Waals surface area contributed by atoms with Crippen molar-refractivity contribution in [2.45, 2.75) is 37.4 Å². The summed E-state index contributed by atoms with van der Waals surface area (Å²) in [5.41, 5.74) is 1.01. The molecular weight excluding hydrogens is 352 g/mol. The molecule has 0 bridgehead atoms. The minimum Gasteiger partial charge on any atom is -0.362 e. The highest BCUT2D eigenvalue weighted by atomic mass is 79.9. The molecule has 110 valence electrons.